The SMILES string of the molecule is C#Cc1ccc(-c2ccc(N3CCOCCOCCN(Cc4ccc(C#N)cc4)CCOCCOCC3)c(C#C)c2)cc1. The van der Waals surface area contributed by atoms with Gasteiger partial charge in [-0.05, 0) is 53.1 Å². The maximum absolute atomic E-state index is 9.06. The molecule has 0 atom stereocenters. The van der Waals surface area contributed by atoms with Crippen LogP contribution in [0.4, 0.5) is 5.69 Å². The van der Waals surface area contributed by atoms with Gasteiger partial charge < -0.3 is 23.8 Å². The van der Waals surface area contributed by atoms with E-state index in [0.29, 0.717) is 71.5 Å². The third kappa shape index (κ3) is 10.3. The standard InChI is InChI=1S/C36H39N3O4/c1-3-30-9-11-34(12-10-30)35-13-14-36(33(4-2)27-35)39-17-21-42-25-23-40-19-15-38(16-20-41-24-26-43-22-18-39)29-32-7-5-31(28-37)6-8-32/h1-2,5-14,27H,15-26,29H2. The van der Waals surface area contributed by atoms with Crippen LogP contribution in [0.1, 0.15) is 22.3 Å². The predicted molar refractivity (Wildman–Crippen MR) is 170 cm³/mol. The third-order valence-electron chi connectivity index (χ3n) is 7.23. The number of terminal acetylenes is 2. The lowest BCUT2D eigenvalue weighted by Crippen LogP contribution is -2.33. The number of rotatable bonds is 4. The highest BCUT2D eigenvalue weighted by Gasteiger charge is 2.13. The van der Waals surface area contributed by atoms with E-state index in [1.165, 1.54) is 0 Å². The van der Waals surface area contributed by atoms with Crippen molar-refractivity contribution in [2.24, 2.45) is 0 Å². The van der Waals surface area contributed by atoms with Gasteiger partial charge in [-0.3, -0.25) is 4.90 Å². The summed E-state index contributed by atoms with van der Waals surface area (Å²) < 4.78 is 23.6. The summed E-state index contributed by atoms with van der Waals surface area (Å²) >= 11 is 0. The van der Waals surface area contributed by atoms with E-state index in [1.807, 2.05) is 54.6 Å². The highest BCUT2D eigenvalue weighted by Crippen LogP contribution is 2.27. The van der Waals surface area contributed by atoms with Gasteiger partial charge in [0.2, 0.25) is 0 Å². The maximum Gasteiger partial charge on any atom is 0.0991 e. The first-order valence-corrected chi connectivity index (χ1v) is 14.6. The van der Waals surface area contributed by atoms with Gasteiger partial charge in [-0.25, -0.2) is 0 Å². The summed E-state index contributed by atoms with van der Waals surface area (Å²) in [5.74, 6) is 5.52. The molecule has 43 heavy (non-hydrogen) atoms. The van der Waals surface area contributed by atoms with E-state index in [1.54, 1.807) is 0 Å². The number of nitrogens with zero attached hydrogens (tertiary/aromatic N) is 3. The average Bonchev–Trinajstić information content (AvgIpc) is 3.05. The van der Waals surface area contributed by atoms with Crippen LogP contribution in [-0.4, -0.2) is 83.9 Å². The van der Waals surface area contributed by atoms with Crippen LogP contribution >= 0.6 is 0 Å². The molecule has 1 fully saturated rings. The molecule has 1 saturated heterocycles. The molecule has 0 saturated carbocycles. The zero-order valence-corrected chi connectivity index (χ0v) is 24.7. The molecule has 4 rings (SSSR count). The second-order valence-electron chi connectivity index (χ2n) is 10.1. The largest absolute Gasteiger partial charge is 0.378 e. The van der Waals surface area contributed by atoms with Crippen LogP contribution < -0.4 is 4.90 Å². The predicted octanol–water partition coefficient (Wildman–Crippen LogP) is 4.58. The lowest BCUT2D eigenvalue weighted by atomic mass is 10.0. The van der Waals surface area contributed by atoms with Crippen LogP contribution in [-0.2, 0) is 25.5 Å². The van der Waals surface area contributed by atoms with Crippen molar-refractivity contribution in [2.75, 3.05) is 83.9 Å². The Kier molecular flexibility index (Phi) is 13.1. The molecule has 0 radical (unpaired) electrons. The highest BCUT2D eigenvalue weighted by atomic mass is 16.5. The van der Waals surface area contributed by atoms with Gasteiger partial charge in [0, 0.05) is 43.9 Å². The molecule has 0 amide bonds. The molecular weight excluding hydrogens is 538 g/mol. The number of hydrogen-bond acceptors (Lipinski definition) is 7. The van der Waals surface area contributed by atoms with E-state index >= 15 is 0 Å². The minimum atomic E-state index is 0.512. The number of hydrogen-bond donors (Lipinski definition) is 0. The van der Waals surface area contributed by atoms with Gasteiger partial charge in [0.25, 0.3) is 0 Å². The molecular formula is C36H39N3O4. The molecule has 0 spiro atoms. The lowest BCUT2D eigenvalue weighted by Gasteiger charge is -2.27. The van der Waals surface area contributed by atoms with E-state index in [2.05, 4.69) is 39.8 Å². The van der Waals surface area contributed by atoms with E-state index in [0.717, 1.165) is 53.1 Å². The van der Waals surface area contributed by atoms with Crippen molar-refractivity contribution >= 4 is 5.69 Å². The summed E-state index contributed by atoms with van der Waals surface area (Å²) in [4.78, 5) is 4.51. The number of anilines is 1. The molecule has 7 heteroatoms. The molecule has 1 aliphatic heterocycles. The van der Waals surface area contributed by atoms with Crippen LogP contribution in [0, 0.1) is 36.0 Å². The maximum atomic E-state index is 9.06. The van der Waals surface area contributed by atoms with Gasteiger partial charge >= 0.3 is 0 Å². The second-order valence-corrected chi connectivity index (χ2v) is 10.1. The monoisotopic (exact) mass is 577 g/mol. The van der Waals surface area contributed by atoms with Gasteiger partial charge in [0.15, 0.2) is 0 Å². The Bertz CT molecular complexity index is 1380. The van der Waals surface area contributed by atoms with Crippen LogP contribution in [0.5, 0.6) is 0 Å². The smallest absolute Gasteiger partial charge is 0.0991 e. The number of benzene rings is 3. The molecule has 3 aromatic carbocycles. The minimum Gasteiger partial charge on any atom is -0.378 e. The summed E-state index contributed by atoms with van der Waals surface area (Å²) in [7, 11) is 0. The van der Waals surface area contributed by atoms with Crippen molar-refractivity contribution < 1.29 is 18.9 Å². The van der Waals surface area contributed by atoms with Crippen LogP contribution in [0.15, 0.2) is 66.7 Å². The Labute approximate surface area is 255 Å². The fourth-order valence-electron chi connectivity index (χ4n) is 4.81. The summed E-state index contributed by atoms with van der Waals surface area (Å²) in [6, 6.07) is 24.0. The first-order chi connectivity index (χ1) is 21.2. The van der Waals surface area contributed by atoms with Gasteiger partial charge in [0.1, 0.15) is 0 Å². The first kappa shape index (κ1) is 31.8. The molecule has 0 aliphatic carbocycles. The molecule has 0 unspecified atom stereocenters. The minimum absolute atomic E-state index is 0.512. The zero-order valence-electron chi connectivity index (χ0n) is 24.7. The molecule has 7 nitrogen and oxygen atoms in total. The first-order valence-electron chi connectivity index (χ1n) is 14.6. The Balaban J connectivity index is 1.33. The lowest BCUT2D eigenvalue weighted by molar-refractivity contribution is 0.0211. The van der Waals surface area contributed by atoms with Crippen LogP contribution in [0.25, 0.3) is 11.1 Å². The van der Waals surface area contributed by atoms with Gasteiger partial charge in [0.05, 0.1) is 70.2 Å². The van der Waals surface area contributed by atoms with E-state index in [4.69, 9.17) is 37.1 Å². The molecule has 1 heterocycles. The normalized spacial score (nSPS) is 16.6. The fraction of sp³-hybridized carbons (Fsp3) is 0.361. The van der Waals surface area contributed by atoms with Crippen molar-refractivity contribution in [3.05, 3.63) is 89.0 Å². The van der Waals surface area contributed by atoms with Gasteiger partial charge in [-0.15, -0.1) is 12.8 Å². The molecule has 3 aromatic rings. The Hall–Kier alpha value is -4.13. The summed E-state index contributed by atoms with van der Waals surface area (Å²) in [5.41, 5.74) is 6.55. The number of ether oxygens (including phenoxy) is 4. The number of nitriles is 1. The summed E-state index contributed by atoms with van der Waals surface area (Å²) in [6.45, 7) is 7.98. The molecule has 0 N–H and O–H groups in total. The molecule has 222 valence electrons. The third-order valence-corrected chi connectivity index (χ3v) is 7.23. The summed E-state index contributed by atoms with van der Waals surface area (Å²) in [6.07, 6.45) is 11.5. The van der Waals surface area contributed by atoms with Crippen molar-refractivity contribution in [1.82, 2.24) is 4.90 Å². The van der Waals surface area contributed by atoms with Crippen molar-refractivity contribution in [1.29, 1.82) is 5.26 Å². The Morgan fingerprint density at radius 2 is 1.14 bits per heavy atom. The molecule has 0 aromatic heterocycles. The Morgan fingerprint density at radius 1 is 0.605 bits per heavy atom. The zero-order chi connectivity index (χ0) is 30.1. The fourth-order valence-corrected chi connectivity index (χ4v) is 4.81. The quantitative estimate of drug-likeness (QED) is 0.421. The van der Waals surface area contributed by atoms with E-state index in [9.17, 15) is 0 Å². The van der Waals surface area contributed by atoms with Gasteiger partial charge in [-0.2, -0.15) is 5.26 Å². The molecule has 1 aliphatic rings. The van der Waals surface area contributed by atoms with Crippen molar-refractivity contribution in [3.63, 3.8) is 0 Å². The molecule has 0 bridgehead atoms. The van der Waals surface area contributed by atoms with Gasteiger partial charge in [-0.1, -0.05) is 42.2 Å². The topological polar surface area (TPSA) is 67.2 Å². The van der Waals surface area contributed by atoms with E-state index in [-0.39, 0.29) is 0 Å². The average molecular weight is 578 g/mol. The van der Waals surface area contributed by atoms with Crippen LogP contribution in [0.3, 0.4) is 0 Å². The van der Waals surface area contributed by atoms with E-state index < -0.39 is 0 Å². The van der Waals surface area contributed by atoms with Crippen molar-refractivity contribution in [3.8, 4) is 41.9 Å². The van der Waals surface area contributed by atoms with Crippen LogP contribution in [0.2, 0.25) is 0 Å². The van der Waals surface area contributed by atoms with Crippen molar-refractivity contribution in [2.45, 2.75) is 6.54 Å². The highest BCUT2D eigenvalue weighted by molar-refractivity contribution is 5.72. The summed E-state index contributed by atoms with van der Waals surface area (Å²) in [5, 5.41) is 9.06. The Morgan fingerprint density at radius 3 is 1.67 bits per heavy atom. The second kappa shape index (κ2) is 17.7.